The third-order valence-electron chi connectivity index (χ3n) is 2.46. The van der Waals surface area contributed by atoms with Crippen LogP contribution in [0.15, 0.2) is 30.3 Å². The summed E-state index contributed by atoms with van der Waals surface area (Å²) in [5.74, 6) is -0.0471. The second-order valence-electron chi connectivity index (χ2n) is 4.18. The van der Waals surface area contributed by atoms with Crippen molar-refractivity contribution in [3.63, 3.8) is 0 Å². The Morgan fingerprint density at radius 1 is 1.11 bits per heavy atom. The number of unbranched alkanes of at least 4 members (excludes halogenated alkanes) is 2. The molecular weight excluding hydrogens is 267 g/mol. The van der Waals surface area contributed by atoms with E-state index < -0.39 is 7.75 Å². The van der Waals surface area contributed by atoms with Crippen LogP contribution in [0.2, 0.25) is 0 Å². The van der Waals surface area contributed by atoms with Gasteiger partial charge in [-0.05, 0) is 25.0 Å². The summed E-state index contributed by atoms with van der Waals surface area (Å²) in [6.45, 7) is 0.255. The van der Waals surface area contributed by atoms with Crippen molar-refractivity contribution < 1.29 is 19.1 Å². The number of anilines is 1. The first-order chi connectivity index (χ1) is 8.97. The topological polar surface area (TPSA) is 98.7 Å². The lowest BCUT2D eigenvalue weighted by Crippen LogP contribution is -2.12. The summed E-state index contributed by atoms with van der Waals surface area (Å²) in [4.78, 5) is 28.7. The van der Waals surface area contributed by atoms with Crippen molar-refractivity contribution in [2.24, 2.45) is 0 Å². The van der Waals surface area contributed by atoms with Crippen molar-refractivity contribution in [3.8, 4) is 0 Å². The van der Waals surface area contributed by atoms with E-state index in [2.05, 4.69) is 10.4 Å². The molecule has 0 saturated heterocycles. The molecule has 106 valence electrons. The largest absolute Gasteiger partial charge is 0.400 e. The fourth-order valence-electron chi connectivity index (χ4n) is 1.56. The minimum absolute atomic E-state index is 0.0471. The predicted molar refractivity (Wildman–Crippen MR) is 73.6 cm³/mol. The van der Waals surface area contributed by atoms with Crippen LogP contribution in [0.1, 0.15) is 25.7 Å². The summed E-state index contributed by atoms with van der Waals surface area (Å²) in [6, 6.07) is 9.22. The van der Waals surface area contributed by atoms with E-state index in [9.17, 15) is 9.36 Å². The molecular formula is C12H19N2O4P. The number of amides is 1. The summed E-state index contributed by atoms with van der Waals surface area (Å²) in [5.41, 5.74) is 0.774. The average Bonchev–Trinajstić information content (AvgIpc) is 2.33. The smallest absolute Gasteiger partial charge is 0.326 e. The van der Waals surface area contributed by atoms with Gasteiger partial charge in [0.15, 0.2) is 0 Å². The highest BCUT2D eigenvalue weighted by molar-refractivity contribution is 7.49. The Balaban J connectivity index is 2.07. The summed E-state index contributed by atoms with van der Waals surface area (Å²) in [6.07, 6.45) is 2.48. The third kappa shape index (κ3) is 8.51. The van der Waals surface area contributed by atoms with Gasteiger partial charge in [-0.2, -0.15) is 0 Å². The monoisotopic (exact) mass is 286 g/mol. The molecule has 0 unspecified atom stereocenters. The SMILES string of the molecule is O=C(CCCCCNP(=O)(O)O)Nc1ccccc1. The maximum Gasteiger partial charge on any atom is 0.400 e. The Labute approximate surface area is 112 Å². The van der Waals surface area contributed by atoms with Crippen LogP contribution in [0.3, 0.4) is 0 Å². The van der Waals surface area contributed by atoms with Gasteiger partial charge in [0.25, 0.3) is 0 Å². The zero-order valence-corrected chi connectivity index (χ0v) is 11.5. The van der Waals surface area contributed by atoms with Crippen molar-refractivity contribution in [1.82, 2.24) is 5.09 Å². The van der Waals surface area contributed by atoms with Crippen LogP contribution in [0.4, 0.5) is 5.69 Å². The average molecular weight is 286 g/mol. The summed E-state index contributed by atoms with van der Waals surface area (Å²) in [7, 11) is -4.11. The van der Waals surface area contributed by atoms with Crippen LogP contribution in [0.25, 0.3) is 0 Å². The minimum atomic E-state index is -4.11. The fourth-order valence-corrected chi connectivity index (χ4v) is 2.01. The molecule has 6 nitrogen and oxygen atoms in total. The Bertz CT molecular complexity index is 433. The molecule has 0 saturated carbocycles. The van der Waals surface area contributed by atoms with Crippen molar-refractivity contribution in [2.45, 2.75) is 25.7 Å². The van der Waals surface area contributed by atoms with Crippen LogP contribution < -0.4 is 10.4 Å². The molecule has 0 fully saturated rings. The molecule has 0 aliphatic carbocycles. The van der Waals surface area contributed by atoms with Gasteiger partial charge < -0.3 is 15.1 Å². The number of hydrogen-bond donors (Lipinski definition) is 4. The van der Waals surface area contributed by atoms with Gasteiger partial charge in [0.05, 0.1) is 0 Å². The van der Waals surface area contributed by atoms with Crippen molar-refractivity contribution in [2.75, 3.05) is 11.9 Å². The summed E-state index contributed by atoms with van der Waals surface area (Å²) < 4.78 is 10.5. The van der Waals surface area contributed by atoms with Crippen molar-refractivity contribution in [1.29, 1.82) is 0 Å². The maximum atomic E-state index is 11.6. The zero-order valence-electron chi connectivity index (χ0n) is 10.6. The standard InChI is InChI=1S/C12H19N2O4P/c15-12(14-11-7-3-1-4-8-11)9-5-2-6-10-13-19(16,17)18/h1,3-4,7-8H,2,5-6,9-10H2,(H,14,15)(H3,13,16,17,18). The van der Waals surface area contributed by atoms with Gasteiger partial charge in [-0.15, -0.1) is 0 Å². The summed E-state index contributed by atoms with van der Waals surface area (Å²) in [5, 5.41) is 4.89. The van der Waals surface area contributed by atoms with Crippen LogP contribution in [-0.2, 0) is 9.36 Å². The maximum absolute atomic E-state index is 11.6. The molecule has 0 heterocycles. The van der Waals surface area contributed by atoms with Crippen molar-refractivity contribution in [3.05, 3.63) is 30.3 Å². The first kappa shape index (κ1) is 15.9. The van der Waals surface area contributed by atoms with E-state index in [0.29, 0.717) is 19.3 Å². The highest BCUT2D eigenvalue weighted by atomic mass is 31.2. The van der Waals surface area contributed by atoms with Crippen molar-refractivity contribution >= 4 is 19.3 Å². The molecule has 1 rings (SSSR count). The number of nitrogens with one attached hydrogen (secondary N) is 2. The number of rotatable bonds is 8. The molecule has 19 heavy (non-hydrogen) atoms. The molecule has 1 amide bonds. The number of hydrogen-bond acceptors (Lipinski definition) is 2. The van der Waals surface area contributed by atoms with E-state index in [0.717, 1.165) is 12.1 Å². The van der Waals surface area contributed by atoms with Gasteiger partial charge in [-0.1, -0.05) is 24.6 Å². The zero-order chi connectivity index (χ0) is 14.1. The van der Waals surface area contributed by atoms with Gasteiger partial charge in [0.2, 0.25) is 5.91 Å². The van der Waals surface area contributed by atoms with Crippen LogP contribution in [-0.4, -0.2) is 22.2 Å². The minimum Gasteiger partial charge on any atom is -0.326 e. The van der Waals surface area contributed by atoms with Gasteiger partial charge in [-0.25, -0.2) is 9.65 Å². The van der Waals surface area contributed by atoms with E-state index in [1.165, 1.54) is 0 Å². The molecule has 4 N–H and O–H groups in total. The Kier molecular flexibility index (Phi) is 6.73. The first-order valence-corrected chi connectivity index (χ1v) is 7.74. The van der Waals surface area contributed by atoms with Gasteiger partial charge in [0.1, 0.15) is 0 Å². The van der Waals surface area contributed by atoms with Crippen LogP contribution in [0.5, 0.6) is 0 Å². The molecule has 1 aromatic carbocycles. The molecule has 0 aromatic heterocycles. The van der Waals surface area contributed by atoms with E-state index in [-0.39, 0.29) is 12.5 Å². The van der Waals surface area contributed by atoms with E-state index >= 15 is 0 Å². The molecule has 0 atom stereocenters. The molecule has 0 spiro atoms. The number of benzene rings is 1. The Morgan fingerprint density at radius 2 is 1.79 bits per heavy atom. The lowest BCUT2D eigenvalue weighted by molar-refractivity contribution is -0.116. The first-order valence-electron chi connectivity index (χ1n) is 6.13. The summed E-state index contributed by atoms with van der Waals surface area (Å²) >= 11 is 0. The molecule has 0 bridgehead atoms. The molecule has 0 aliphatic rings. The molecule has 0 radical (unpaired) electrons. The third-order valence-corrected chi connectivity index (χ3v) is 3.09. The van der Waals surface area contributed by atoms with Crippen LogP contribution in [0, 0.1) is 0 Å². The highest BCUT2D eigenvalue weighted by Crippen LogP contribution is 2.27. The van der Waals surface area contributed by atoms with Gasteiger partial charge in [0, 0.05) is 18.7 Å². The lowest BCUT2D eigenvalue weighted by Gasteiger charge is -2.06. The Hall–Kier alpha value is -1.20. The number of para-hydroxylation sites is 1. The second kappa shape index (κ2) is 8.07. The van der Waals surface area contributed by atoms with Gasteiger partial charge in [-0.3, -0.25) is 4.79 Å². The van der Waals surface area contributed by atoms with E-state index in [4.69, 9.17) is 9.79 Å². The molecule has 7 heteroatoms. The number of carbonyl (C=O) groups excluding carboxylic acids is 1. The second-order valence-corrected chi connectivity index (χ2v) is 5.58. The van der Waals surface area contributed by atoms with Crippen LogP contribution >= 0.6 is 7.75 Å². The molecule has 0 aliphatic heterocycles. The highest BCUT2D eigenvalue weighted by Gasteiger charge is 2.09. The van der Waals surface area contributed by atoms with Gasteiger partial charge >= 0.3 is 7.75 Å². The van der Waals surface area contributed by atoms with E-state index in [1.54, 1.807) is 0 Å². The lowest BCUT2D eigenvalue weighted by atomic mass is 10.2. The quantitative estimate of drug-likeness (QED) is 0.432. The normalized spacial score (nSPS) is 11.3. The number of carbonyl (C=O) groups is 1. The Morgan fingerprint density at radius 3 is 2.42 bits per heavy atom. The fraction of sp³-hybridized carbons (Fsp3) is 0.417. The predicted octanol–water partition coefficient (Wildman–Crippen LogP) is 1.87. The van der Waals surface area contributed by atoms with E-state index in [1.807, 2.05) is 30.3 Å². The molecule has 1 aromatic rings.